The number of carbonyl (C=O) groups is 2. The number of rotatable bonds is 10. The Hall–Kier alpha value is -2.87. The molecule has 0 saturated carbocycles. The van der Waals surface area contributed by atoms with Crippen molar-refractivity contribution in [3.05, 3.63) is 58.1 Å². The zero-order valence-electron chi connectivity index (χ0n) is 17.1. The molecule has 0 saturated heterocycles. The summed E-state index contributed by atoms with van der Waals surface area (Å²) in [6, 6.07) is 13.2. The first-order valence-electron chi connectivity index (χ1n) is 9.78. The first-order chi connectivity index (χ1) is 14.5. The van der Waals surface area contributed by atoms with Crippen molar-refractivity contribution in [3.63, 3.8) is 0 Å². The summed E-state index contributed by atoms with van der Waals surface area (Å²) >= 11 is 3.41. The molecule has 30 heavy (non-hydrogen) atoms. The van der Waals surface area contributed by atoms with Gasteiger partial charge in [-0.3, -0.25) is 9.59 Å². The van der Waals surface area contributed by atoms with Gasteiger partial charge in [-0.15, -0.1) is 0 Å². The molecule has 2 aromatic carbocycles. The number of nitrogens with one attached hydrogen (secondary N) is 2. The van der Waals surface area contributed by atoms with Gasteiger partial charge in [0.05, 0.1) is 12.8 Å². The Bertz CT molecular complexity index is 869. The molecule has 2 N–H and O–H groups in total. The lowest BCUT2D eigenvalue weighted by atomic mass is 10.2. The van der Waals surface area contributed by atoms with E-state index in [0.717, 1.165) is 22.9 Å². The van der Waals surface area contributed by atoms with Crippen molar-refractivity contribution in [2.24, 2.45) is 5.10 Å². The van der Waals surface area contributed by atoms with E-state index in [9.17, 15) is 9.59 Å². The van der Waals surface area contributed by atoms with Crippen LogP contribution >= 0.6 is 15.9 Å². The molecule has 2 amide bonds. The number of carbonyl (C=O) groups excluding carboxylic acids is 2. The number of ether oxygens (including phenoxy) is 2. The Morgan fingerprint density at radius 1 is 1.03 bits per heavy atom. The molecule has 160 valence electrons. The monoisotopic (exact) mass is 475 g/mol. The van der Waals surface area contributed by atoms with E-state index in [1.165, 1.54) is 6.21 Å². The van der Waals surface area contributed by atoms with Gasteiger partial charge in [0.25, 0.3) is 0 Å². The van der Waals surface area contributed by atoms with Crippen molar-refractivity contribution in [2.75, 3.05) is 13.2 Å². The predicted molar refractivity (Wildman–Crippen MR) is 120 cm³/mol. The van der Waals surface area contributed by atoms with E-state index < -0.39 is 11.8 Å². The average Bonchev–Trinajstić information content (AvgIpc) is 2.74. The lowest BCUT2D eigenvalue weighted by molar-refractivity contribution is -0.139. The second kappa shape index (κ2) is 12.6. The Balaban J connectivity index is 1.96. The maximum absolute atomic E-state index is 11.7. The van der Waals surface area contributed by atoms with Crippen molar-refractivity contribution >= 4 is 34.0 Å². The third-order valence-corrected chi connectivity index (χ3v) is 4.51. The normalized spacial score (nSPS) is 10.6. The highest BCUT2D eigenvalue weighted by atomic mass is 79.9. The first-order valence-corrected chi connectivity index (χ1v) is 10.6. The molecule has 0 heterocycles. The minimum absolute atomic E-state index is 0.407. The van der Waals surface area contributed by atoms with Gasteiger partial charge in [-0.05, 0) is 54.8 Å². The molecule has 0 aliphatic carbocycles. The number of unbranched alkanes of at least 4 members (excludes halogenated alkanes) is 1. The molecule has 2 rings (SSSR count). The minimum atomic E-state index is -0.804. The first kappa shape index (κ1) is 23.4. The van der Waals surface area contributed by atoms with E-state index in [1.807, 2.05) is 38.1 Å². The van der Waals surface area contributed by atoms with Crippen molar-refractivity contribution in [1.29, 1.82) is 0 Å². The van der Waals surface area contributed by atoms with Crippen molar-refractivity contribution < 1.29 is 19.1 Å². The summed E-state index contributed by atoms with van der Waals surface area (Å²) in [6.07, 6.45) is 3.20. The summed E-state index contributed by atoms with van der Waals surface area (Å²) in [5, 5.41) is 6.37. The van der Waals surface area contributed by atoms with E-state index in [-0.39, 0.29) is 0 Å². The molecular formula is C22H26BrN3O4. The van der Waals surface area contributed by atoms with Gasteiger partial charge in [-0.2, -0.15) is 5.10 Å². The van der Waals surface area contributed by atoms with Crippen LogP contribution in [0.3, 0.4) is 0 Å². The van der Waals surface area contributed by atoms with Crippen molar-refractivity contribution in [3.8, 4) is 11.5 Å². The SMILES string of the molecule is CCCCNC(=O)C(=O)N/N=C\c1ccc(OCc2ccc(Br)cc2)c(OCC)c1. The van der Waals surface area contributed by atoms with Gasteiger partial charge in [0.1, 0.15) is 6.61 Å². The van der Waals surface area contributed by atoms with Crippen LogP contribution in [0.2, 0.25) is 0 Å². The second-order valence-electron chi connectivity index (χ2n) is 6.36. The molecule has 0 aliphatic rings. The summed E-state index contributed by atoms with van der Waals surface area (Å²) in [5.74, 6) is -0.326. The van der Waals surface area contributed by atoms with Crippen LogP contribution in [0.4, 0.5) is 0 Å². The van der Waals surface area contributed by atoms with Crippen LogP contribution in [0.5, 0.6) is 11.5 Å². The molecule has 0 atom stereocenters. The number of amides is 2. The summed E-state index contributed by atoms with van der Waals surface area (Å²) in [5.41, 5.74) is 3.95. The van der Waals surface area contributed by atoms with Gasteiger partial charge in [-0.1, -0.05) is 41.4 Å². The topological polar surface area (TPSA) is 89.0 Å². The van der Waals surface area contributed by atoms with Crippen LogP contribution in [0.1, 0.15) is 37.8 Å². The molecule has 7 nitrogen and oxygen atoms in total. The molecule has 0 aromatic heterocycles. The van der Waals surface area contributed by atoms with Crippen LogP contribution in [0.15, 0.2) is 52.0 Å². The van der Waals surface area contributed by atoms with Crippen LogP contribution in [0.25, 0.3) is 0 Å². The summed E-state index contributed by atoms with van der Waals surface area (Å²) in [4.78, 5) is 23.3. The quantitative estimate of drug-likeness (QED) is 0.236. The number of hydrazone groups is 1. The Morgan fingerprint density at radius 2 is 1.80 bits per heavy atom. The molecule has 8 heteroatoms. The van der Waals surface area contributed by atoms with Crippen LogP contribution < -0.4 is 20.2 Å². The maximum Gasteiger partial charge on any atom is 0.329 e. The third kappa shape index (κ3) is 7.87. The lowest BCUT2D eigenvalue weighted by Crippen LogP contribution is -2.38. The molecule has 0 fully saturated rings. The molecule has 0 bridgehead atoms. The third-order valence-electron chi connectivity index (χ3n) is 3.98. The molecular weight excluding hydrogens is 450 g/mol. The number of nitrogens with zero attached hydrogens (tertiary/aromatic N) is 1. The fourth-order valence-corrected chi connectivity index (χ4v) is 2.67. The number of benzene rings is 2. The molecule has 2 aromatic rings. The van der Waals surface area contributed by atoms with E-state index in [0.29, 0.717) is 36.8 Å². The zero-order chi connectivity index (χ0) is 21.8. The van der Waals surface area contributed by atoms with E-state index in [1.54, 1.807) is 18.2 Å². The molecule has 0 unspecified atom stereocenters. The number of hydrogen-bond donors (Lipinski definition) is 2. The van der Waals surface area contributed by atoms with E-state index in [4.69, 9.17) is 9.47 Å². The largest absolute Gasteiger partial charge is 0.490 e. The standard InChI is InChI=1S/C22H26BrN3O4/c1-3-5-12-24-21(27)22(28)26-25-14-17-8-11-19(20(13-17)29-4-2)30-15-16-6-9-18(23)10-7-16/h6-11,13-14H,3-5,12,15H2,1-2H3,(H,24,27)(H,26,28)/b25-14-. The fourth-order valence-electron chi connectivity index (χ4n) is 2.41. The summed E-state index contributed by atoms with van der Waals surface area (Å²) < 4.78 is 12.6. The Kier molecular flexibility index (Phi) is 9.86. The summed E-state index contributed by atoms with van der Waals surface area (Å²) in [6.45, 7) is 5.24. The molecule has 0 spiro atoms. The lowest BCUT2D eigenvalue weighted by Gasteiger charge is -2.12. The highest BCUT2D eigenvalue weighted by molar-refractivity contribution is 9.10. The van der Waals surface area contributed by atoms with Crippen LogP contribution in [-0.2, 0) is 16.2 Å². The van der Waals surface area contributed by atoms with Gasteiger partial charge in [0.15, 0.2) is 11.5 Å². The van der Waals surface area contributed by atoms with Gasteiger partial charge in [0.2, 0.25) is 0 Å². The highest BCUT2D eigenvalue weighted by Crippen LogP contribution is 2.29. The Labute approximate surface area is 185 Å². The average molecular weight is 476 g/mol. The van der Waals surface area contributed by atoms with Crippen LogP contribution in [-0.4, -0.2) is 31.2 Å². The van der Waals surface area contributed by atoms with E-state index in [2.05, 4.69) is 31.8 Å². The van der Waals surface area contributed by atoms with Gasteiger partial charge < -0.3 is 14.8 Å². The van der Waals surface area contributed by atoms with Crippen molar-refractivity contribution in [1.82, 2.24) is 10.7 Å². The summed E-state index contributed by atoms with van der Waals surface area (Å²) in [7, 11) is 0. The minimum Gasteiger partial charge on any atom is -0.490 e. The van der Waals surface area contributed by atoms with Gasteiger partial charge >= 0.3 is 11.8 Å². The number of halogens is 1. The fraction of sp³-hybridized carbons (Fsp3) is 0.318. The maximum atomic E-state index is 11.7. The molecule has 0 aliphatic heterocycles. The van der Waals surface area contributed by atoms with E-state index >= 15 is 0 Å². The van der Waals surface area contributed by atoms with Crippen molar-refractivity contribution in [2.45, 2.75) is 33.3 Å². The van der Waals surface area contributed by atoms with Gasteiger partial charge in [0, 0.05) is 11.0 Å². The Morgan fingerprint density at radius 3 is 2.50 bits per heavy atom. The predicted octanol–water partition coefficient (Wildman–Crippen LogP) is 3.79. The van der Waals surface area contributed by atoms with Gasteiger partial charge in [-0.25, -0.2) is 5.43 Å². The highest BCUT2D eigenvalue weighted by Gasteiger charge is 2.11. The van der Waals surface area contributed by atoms with Crippen LogP contribution in [0, 0.1) is 0 Å². The smallest absolute Gasteiger partial charge is 0.329 e. The second-order valence-corrected chi connectivity index (χ2v) is 7.28. The molecule has 0 radical (unpaired) electrons. The number of hydrogen-bond acceptors (Lipinski definition) is 5. The zero-order valence-corrected chi connectivity index (χ0v) is 18.7.